The van der Waals surface area contributed by atoms with Crippen LogP contribution in [0.1, 0.15) is 97.2 Å². The highest BCUT2D eigenvalue weighted by molar-refractivity contribution is 5.90. The topological polar surface area (TPSA) is 32.3 Å². The average Bonchev–Trinajstić information content (AvgIpc) is 4.05. The van der Waals surface area contributed by atoms with E-state index in [1.165, 1.54) is 89.0 Å². The normalized spacial score (nSPS) is 14.7. The number of hydrogen-bond donors (Lipinski definition) is 0. The van der Waals surface area contributed by atoms with Crippen LogP contribution in [0.15, 0.2) is 219 Å². The number of benzene rings is 8. The maximum atomic E-state index is 4.30. The second-order valence-electron chi connectivity index (χ2n) is 22.0. The summed E-state index contributed by atoms with van der Waals surface area (Å²) < 4.78 is 0. The Hall–Kier alpha value is -8.86. The van der Waals surface area contributed by atoms with E-state index in [-0.39, 0.29) is 16.2 Å². The lowest BCUT2D eigenvalue weighted by Gasteiger charge is -2.28. The third-order valence-corrected chi connectivity index (χ3v) is 16.4. The molecule has 0 unspecified atom stereocenters. The number of anilines is 6. The van der Waals surface area contributed by atoms with Crippen LogP contribution in [0.25, 0.3) is 57.7 Å². The van der Waals surface area contributed by atoms with E-state index in [1.807, 2.05) is 24.8 Å². The van der Waals surface area contributed by atoms with E-state index < -0.39 is 0 Å². The monoisotopic (exact) mass is 966 g/mol. The lowest BCUT2D eigenvalue weighted by atomic mass is 9.81. The van der Waals surface area contributed by atoms with E-state index in [0.717, 1.165) is 34.1 Å². The highest BCUT2D eigenvalue weighted by atomic mass is 15.1. The Morgan fingerprint density at radius 2 is 0.520 bits per heavy atom. The van der Waals surface area contributed by atoms with E-state index in [4.69, 9.17) is 0 Å². The fourth-order valence-electron chi connectivity index (χ4n) is 12.4. The smallest absolute Gasteiger partial charge is 0.0492 e. The van der Waals surface area contributed by atoms with Crippen molar-refractivity contribution in [3.63, 3.8) is 0 Å². The minimum atomic E-state index is -0.174. The van der Waals surface area contributed by atoms with Gasteiger partial charge in [0.1, 0.15) is 0 Å². The third-order valence-electron chi connectivity index (χ3n) is 16.4. The summed E-state index contributed by atoms with van der Waals surface area (Å²) in [5, 5.41) is 0. The molecule has 4 heteroatoms. The third kappa shape index (κ3) is 7.74. The molecule has 0 amide bonds. The molecule has 0 N–H and O–H groups in total. The van der Waals surface area contributed by atoms with E-state index in [2.05, 4.69) is 280 Å². The Bertz CT molecular complexity index is 3570. The second kappa shape index (κ2) is 17.7. The summed E-state index contributed by atoms with van der Waals surface area (Å²) in [6.07, 6.45) is 16.6. The highest BCUT2D eigenvalue weighted by Crippen LogP contribution is 2.54. The Morgan fingerprint density at radius 1 is 0.267 bits per heavy atom. The Kier molecular flexibility index (Phi) is 10.8. The fourth-order valence-corrected chi connectivity index (χ4v) is 12.4. The van der Waals surface area contributed by atoms with Crippen molar-refractivity contribution in [2.45, 2.75) is 57.8 Å². The van der Waals surface area contributed by atoms with Crippen molar-refractivity contribution in [3.8, 4) is 33.4 Å². The van der Waals surface area contributed by atoms with Gasteiger partial charge in [0.05, 0.1) is 0 Å². The van der Waals surface area contributed by atoms with Crippen molar-refractivity contribution in [1.82, 2.24) is 9.97 Å². The quantitative estimate of drug-likeness (QED) is 0.128. The molecule has 0 atom stereocenters. The summed E-state index contributed by atoms with van der Waals surface area (Å²) in [5.74, 6) is 0. The van der Waals surface area contributed by atoms with Crippen LogP contribution in [0.2, 0.25) is 0 Å². The lowest BCUT2D eigenvalue weighted by molar-refractivity contribution is 0.660. The van der Waals surface area contributed by atoms with Gasteiger partial charge in [-0.1, -0.05) is 187 Å². The van der Waals surface area contributed by atoms with Gasteiger partial charge < -0.3 is 9.80 Å². The van der Waals surface area contributed by atoms with Crippen LogP contribution in [0.4, 0.5) is 34.1 Å². The van der Waals surface area contributed by atoms with Crippen molar-refractivity contribution >= 4 is 58.4 Å². The molecule has 2 heterocycles. The highest BCUT2D eigenvalue weighted by Gasteiger charge is 2.39. The molecule has 8 aromatic carbocycles. The van der Waals surface area contributed by atoms with Crippen LogP contribution in [0.5, 0.6) is 0 Å². The van der Waals surface area contributed by atoms with Gasteiger partial charge in [-0.15, -0.1) is 0 Å². The van der Waals surface area contributed by atoms with Gasteiger partial charge in [0.2, 0.25) is 0 Å². The molecule has 4 nitrogen and oxygen atoms in total. The minimum absolute atomic E-state index is 0.149. The standard InChI is InChI=1S/C71H58N4/c1-69(2)63-41-47(17-19-49-23-29-59-61-31-25-55(45-67(61)70(3,4)65(59)43-49)74(51-13-9-7-10-14-51)53-33-37-72-38-34-53)21-27-57(63)58-28-22-48(42-64(58)69)18-20-50-24-30-60-62-32-26-56(46-68(62)71(5,6)66(60)44-50)75(52-15-11-8-12-16-52)54-35-39-73-40-36-54/h7-46H,1-6H3. The van der Waals surface area contributed by atoms with Gasteiger partial charge in [-0.05, 0) is 162 Å². The molecule has 0 aliphatic heterocycles. The summed E-state index contributed by atoms with van der Waals surface area (Å²) in [6, 6.07) is 71.4. The maximum absolute atomic E-state index is 4.30. The summed E-state index contributed by atoms with van der Waals surface area (Å²) in [6.45, 7) is 14.2. The zero-order valence-electron chi connectivity index (χ0n) is 43.4. The number of rotatable bonds is 10. The molecular formula is C71H58N4. The Morgan fingerprint density at radius 3 is 0.813 bits per heavy atom. The zero-order valence-corrected chi connectivity index (χ0v) is 43.4. The van der Waals surface area contributed by atoms with Crippen molar-refractivity contribution in [3.05, 3.63) is 275 Å². The second-order valence-corrected chi connectivity index (χ2v) is 22.0. The van der Waals surface area contributed by atoms with Gasteiger partial charge in [-0.2, -0.15) is 0 Å². The van der Waals surface area contributed by atoms with Crippen molar-refractivity contribution in [1.29, 1.82) is 0 Å². The molecule has 3 aliphatic carbocycles. The summed E-state index contributed by atoms with van der Waals surface area (Å²) in [4.78, 5) is 13.2. The SMILES string of the molecule is CC1(C)c2cc(C=Cc3ccc4c(c3)C(C)(C)c3cc(N(c5ccccc5)c5ccncc5)ccc3-4)ccc2-c2ccc(C=Cc3ccc4c(c3)C(C)(C)c3cc(N(c5ccccc5)c5ccncc5)ccc3-4)cc21. The number of nitrogens with zero attached hydrogens (tertiary/aromatic N) is 4. The molecule has 0 saturated heterocycles. The first kappa shape index (κ1) is 46.0. The van der Waals surface area contributed by atoms with Crippen LogP contribution in [0, 0.1) is 0 Å². The minimum Gasteiger partial charge on any atom is -0.310 e. The zero-order chi connectivity index (χ0) is 51.1. The van der Waals surface area contributed by atoms with Gasteiger partial charge in [0.25, 0.3) is 0 Å². The Labute approximate surface area is 441 Å². The molecule has 0 fully saturated rings. The van der Waals surface area contributed by atoms with Crippen LogP contribution < -0.4 is 9.80 Å². The average molecular weight is 967 g/mol. The molecule has 13 rings (SSSR count). The molecule has 2 aromatic heterocycles. The molecule has 0 radical (unpaired) electrons. The predicted octanol–water partition coefficient (Wildman–Crippen LogP) is 18.7. The molecule has 362 valence electrons. The van der Waals surface area contributed by atoms with Crippen molar-refractivity contribution < 1.29 is 0 Å². The lowest BCUT2D eigenvalue weighted by Crippen LogP contribution is -2.16. The van der Waals surface area contributed by atoms with Gasteiger partial charge >= 0.3 is 0 Å². The van der Waals surface area contributed by atoms with Crippen molar-refractivity contribution in [2.24, 2.45) is 0 Å². The largest absolute Gasteiger partial charge is 0.310 e. The van der Waals surface area contributed by atoms with E-state index >= 15 is 0 Å². The molecule has 10 aromatic rings. The number of aromatic nitrogens is 2. The van der Waals surface area contributed by atoms with Crippen LogP contribution >= 0.6 is 0 Å². The van der Waals surface area contributed by atoms with Crippen molar-refractivity contribution in [2.75, 3.05) is 9.80 Å². The van der Waals surface area contributed by atoms with Gasteiger partial charge in [0, 0.05) is 75.2 Å². The molecule has 0 bridgehead atoms. The van der Waals surface area contributed by atoms with E-state index in [0.29, 0.717) is 0 Å². The molecule has 0 saturated carbocycles. The molecular weight excluding hydrogens is 909 g/mol. The molecule has 75 heavy (non-hydrogen) atoms. The Balaban J connectivity index is 0.731. The first-order valence-corrected chi connectivity index (χ1v) is 26.2. The van der Waals surface area contributed by atoms with Crippen LogP contribution in [-0.4, -0.2) is 9.97 Å². The number of hydrogen-bond acceptors (Lipinski definition) is 4. The van der Waals surface area contributed by atoms with E-state index in [1.54, 1.807) is 0 Å². The van der Waals surface area contributed by atoms with E-state index in [9.17, 15) is 0 Å². The molecule has 0 spiro atoms. The first-order chi connectivity index (χ1) is 36.4. The van der Waals surface area contributed by atoms with Gasteiger partial charge in [-0.3, -0.25) is 9.97 Å². The maximum Gasteiger partial charge on any atom is 0.0492 e. The predicted molar refractivity (Wildman–Crippen MR) is 315 cm³/mol. The number of fused-ring (bicyclic) bond motifs is 9. The number of pyridine rings is 2. The first-order valence-electron chi connectivity index (χ1n) is 26.2. The van der Waals surface area contributed by atoms with Crippen LogP contribution in [-0.2, 0) is 16.2 Å². The summed E-state index contributed by atoms with van der Waals surface area (Å²) in [7, 11) is 0. The number of para-hydroxylation sites is 2. The van der Waals surface area contributed by atoms with Crippen LogP contribution in [0.3, 0.4) is 0 Å². The fraction of sp³-hybridized carbons (Fsp3) is 0.127. The summed E-state index contributed by atoms with van der Waals surface area (Å²) >= 11 is 0. The summed E-state index contributed by atoms with van der Waals surface area (Å²) in [5.41, 5.74) is 27.0. The molecule has 3 aliphatic rings. The van der Waals surface area contributed by atoms with Gasteiger partial charge in [-0.25, -0.2) is 0 Å². The van der Waals surface area contributed by atoms with Gasteiger partial charge in [0.15, 0.2) is 0 Å².